The standard InChI is InChI=1S/C20H23NO/c1-3-14-11-8-12-15(4-2)19(14)21-20(22)18-13-17(18)16-9-6-5-7-10-16/h5-12,17-18H,3-4,13H2,1-2H3,(H,21,22)/t17-,18+/m0/s1. The summed E-state index contributed by atoms with van der Waals surface area (Å²) in [5, 5.41) is 3.20. The van der Waals surface area contributed by atoms with Crippen molar-refractivity contribution in [2.24, 2.45) is 5.92 Å². The number of nitrogens with one attached hydrogen (secondary N) is 1. The fourth-order valence-electron chi connectivity index (χ4n) is 3.17. The molecule has 1 N–H and O–H groups in total. The molecule has 0 radical (unpaired) electrons. The number of carbonyl (C=O) groups excluding carboxylic acids is 1. The van der Waals surface area contributed by atoms with E-state index in [1.165, 1.54) is 16.7 Å². The van der Waals surface area contributed by atoms with Gasteiger partial charge in [0, 0.05) is 11.6 Å². The molecule has 22 heavy (non-hydrogen) atoms. The smallest absolute Gasteiger partial charge is 0.228 e. The van der Waals surface area contributed by atoms with Gasteiger partial charge in [0.1, 0.15) is 0 Å². The molecule has 0 spiro atoms. The van der Waals surface area contributed by atoms with Crippen molar-refractivity contribution < 1.29 is 4.79 Å². The predicted molar refractivity (Wildman–Crippen MR) is 91.1 cm³/mol. The minimum atomic E-state index is 0.122. The lowest BCUT2D eigenvalue weighted by Crippen LogP contribution is -2.17. The molecule has 2 atom stereocenters. The molecule has 2 heteroatoms. The van der Waals surface area contributed by atoms with E-state index in [1.807, 2.05) is 18.2 Å². The first kappa shape index (κ1) is 14.8. The second-order valence-electron chi connectivity index (χ2n) is 6.01. The predicted octanol–water partition coefficient (Wildman–Crippen LogP) is 4.55. The third-order valence-corrected chi connectivity index (χ3v) is 4.60. The number of hydrogen-bond donors (Lipinski definition) is 1. The summed E-state index contributed by atoms with van der Waals surface area (Å²) in [6.45, 7) is 4.27. The van der Waals surface area contributed by atoms with Crippen molar-refractivity contribution in [2.45, 2.75) is 39.0 Å². The van der Waals surface area contributed by atoms with Gasteiger partial charge in [-0.25, -0.2) is 0 Å². The molecule has 3 rings (SSSR count). The number of rotatable bonds is 5. The highest BCUT2D eigenvalue weighted by atomic mass is 16.2. The van der Waals surface area contributed by atoms with Crippen molar-refractivity contribution in [3.05, 3.63) is 65.2 Å². The summed E-state index contributed by atoms with van der Waals surface area (Å²) >= 11 is 0. The fourth-order valence-corrected chi connectivity index (χ4v) is 3.17. The first-order valence-electron chi connectivity index (χ1n) is 8.21. The lowest BCUT2D eigenvalue weighted by atomic mass is 10.0. The van der Waals surface area contributed by atoms with Crippen LogP contribution in [0.1, 0.15) is 42.9 Å². The molecule has 114 valence electrons. The van der Waals surface area contributed by atoms with Gasteiger partial charge in [0.15, 0.2) is 0 Å². The van der Waals surface area contributed by atoms with Crippen molar-refractivity contribution in [2.75, 3.05) is 5.32 Å². The molecule has 2 aromatic rings. The van der Waals surface area contributed by atoms with Crippen molar-refractivity contribution in [3.8, 4) is 0 Å². The minimum Gasteiger partial charge on any atom is -0.325 e. The van der Waals surface area contributed by atoms with Crippen LogP contribution in [-0.4, -0.2) is 5.91 Å². The Kier molecular flexibility index (Phi) is 4.28. The average molecular weight is 293 g/mol. The van der Waals surface area contributed by atoms with E-state index < -0.39 is 0 Å². The van der Waals surface area contributed by atoms with Crippen LogP contribution in [-0.2, 0) is 17.6 Å². The van der Waals surface area contributed by atoms with Gasteiger partial charge in [0.2, 0.25) is 5.91 Å². The van der Waals surface area contributed by atoms with Crippen LogP contribution >= 0.6 is 0 Å². The molecule has 0 aromatic heterocycles. The number of carbonyl (C=O) groups is 1. The van der Waals surface area contributed by atoms with E-state index in [0.717, 1.165) is 24.9 Å². The Morgan fingerprint density at radius 1 is 1.00 bits per heavy atom. The zero-order valence-electron chi connectivity index (χ0n) is 13.3. The number of amides is 1. The number of aryl methyl sites for hydroxylation is 2. The Morgan fingerprint density at radius 3 is 2.23 bits per heavy atom. The highest BCUT2D eigenvalue weighted by Gasteiger charge is 2.43. The number of anilines is 1. The van der Waals surface area contributed by atoms with Crippen LogP contribution in [0, 0.1) is 5.92 Å². The molecule has 1 saturated carbocycles. The molecule has 1 aliphatic rings. The molecule has 0 saturated heterocycles. The summed E-state index contributed by atoms with van der Waals surface area (Å²) in [7, 11) is 0. The quantitative estimate of drug-likeness (QED) is 0.860. The lowest BCUT2D eigenvalue weighted by Gasteiger charge is -2.14. The van der Waals surface area contributed by atoms with Gasteiger partial charge in [0.25, 0.3) is 0 Å². The number of hydrogen-bond acceptors (Lipinski definition) is 1. The second-order valence-corrected chi connectivity index (χ2v) is 6.01. The van der Waals surface area contributed by atoms with Crippen LogP contribution in [0.3, 0.4) is 0 Å². The van der Waals surface area contributed by atoms with Gasteiger partial charge < -0.3 is 5.32 Å². The highest BCUT2D eigenvalue weighted by molar-refractivity contribution is 5.96. The Morgan fingerprint density at radius 2 is 1.64 bits per heavy atom. The Bertz CT molecular complexity index is 640. The summed E-state index contributed by atoms with van der Waals surface area (Å²) in [6, 6.07) is 16.6. The fraction of sp³-hybridized carbons (Fsp3) is 0.350. The van der Waals surface area contributed by atoms with Crippen LogP contribution in [0.15, 0.2) is 48.5 Å². The third kappa shape index (κ3) is 2.92. The molecule has 2 nitrogen and oxygen atoms in total. The molecule has 1 aliphatic carbocycles. The van der Waals surface area contributed by atoms with E-state index in [9.17, 15) is 4.79 Å². The number of benzene rings is 2. The zero-order valence-corrected chi connectivity index (χ0v) is 13.3. The maximum Gasteiger partial charge on any atom is 0.228 e. The van der Waals surface area contributed by atoms with Crippen LogP contribution < -0.4 is 5.32 Å². The third-order valence-electron chi connectivity index (χ3n) is 4.60. The zero-order chi connectivity index (χ0) is 15.5. The van der Waals surface area contributed by atoms with Gasteiger partial charge >= 0.3 is 0 Å². The van der Waals surface area contributed by atoms with Gasteiger partial charge in [-0.15, -0.1) is 0 Å². The molecule has 1 fully saturated rings. The van der Waals surface area contributed by atoms with Crippen LogP contribution in [0.25, 0.3) is 0 Å². The van der Waals surface area contributed by atoms with Gasteiger partial charge in [-0.3, -0.25) is 4.79 Å². The topological polar surface area (TPSA) is 29.1 Å². The van der Waals surface area contributed by atoms with Gasteiger partial charge in [0.05, 0.1) is 0 Å². The minimum absolute atomic E-state index is 0.122. The molecular formula is C20H23NO. The van der Waals surface area contributed by atoms with Crippen LogP contribution in [0.5, 0.6) is 0 Å². The first-order valence-corrected chi connectivity index (χ1v) is 8.21. The SMILES string of the molecule is CCc1cccc(CC)c1NC(=O)[C@@H]1C[C@H]1c1ccccc1. The molecule has 0 heterocycles. The van der Waals surface area contributed by atoms with E-state index >= 15 is 0 Å². The maximum absolute atomic E-state index is 12.6. The molecule has 0 bridgehead atoms. The van der Waals surface area contributed by atoms with Gasteiger partial charge in [-0.05, 0) is 41.9 Å². The molecule has 0 aliphatic heterocycles. The Labute approximate surface area is 132 Å². The monoisotopic (exact) mass is 293 g/mol. The van der Waals surface area contributed by atoms with Crippen molar-refractivity contribution >= 4 is 11.6 Å². The van der Waals surface area contributed by atoms with E-state index in [0.29, 0.717) is 5.92 Å². The highest BCUT2D eigenvalue weighted by Crippen LogP contribution is 2.48. The second kappa shape index (κ2) is 6.35. The van der Waals surface area contributed by atoms with Gasteiger partial charge in [-0.2, -0.15) is 0 Å². The Balaban J connectivity index is 1.74. The lowest BCUT2D eigenvalue weighted by molar-refractivity contribution is -0.117. The first-order chi connectivity index (χ1) is 10.7. The van der Waals surface area contributed by atoms with E-state index in [2.05, 4.69) is 49.5 Å². The van der Waals surface area contributed by atoms with Crippen molar-refractivity contribution in [1.82, 2.24) is 0 Å². The molecule has 1 amide bonds. The largest absolute Gasteiger partial charge is 0.325 e. The molecule has 0 unspecified atom stereocenters. The van der Waals surface area contributed by atoms with Crippen LogP contribution in [0.2, 0.25) is 0 Å². The Hall–Kier alpha value is -2.09. The molecule has 2 aromatic carbocycles. The average Bonchev–Trinajstić information content (AvgIpc) is 3.36. The summed E-state index contributed by atoms with van der Waals surface area (Å²) in [6.07, 6.45) is 2.85. The summed E-state index contributed by atoms with van der Waals surface area (Å²) < 4.78 is 0. The summed E-state index contributed by atoms with van der Waals surface area (Å²) in [4.78, 5) is 12.6. The molecular weight excluding hydrogens is 270 g/mol. The number of para-hydroxylation sites is 1. The van der Waals surface area contributed by atoms with E-state index in [1.54, 1.807) is 0 Å². The summed E-state index contributed by atoms with van der Waals surface area (Å²) in [5.74, 6) is 0.682. The van der Waals surface area contributed by atoms with Crippen LogP contribution in [0.4, 0.5) is 5.69 Å². The maximum atomic E-state index is 12.6. The van der Waals surface area contributed by atoms with E-state index in [-0.39, 0.29) is 11.8 Å². The van der Waals surface area contributed by atoms with Crippen molar-refractivity contribution in [3.63, 3.8) is 0 Å². The normalized spacial score (nSPS) is 19.7. The van der Waals surface area contributed by atoms with E-state index in [4.69, 9.17) is 0 Å². The van der Waals surface area contributed by atoms with Crippen molar-refractivity contribution in [1.29, 1.82) is 0 Å². The summed E-state index contributed by atoms with van der Waals surface area (Å²) in [5.41, 5.74) is 4.77. The van der Waals surface area contributed by atoms with Gasteiger partial charge in [-0.1, -0.05) is 62.4 Å².